The lowest BCUT2D eigenvalue weighted by Gasteiger charge is -2.33. The van der Waals surface area contributed by atoms with Gasteiger partial charge >= 0.3 is 6.09 Å². The Kier molecular flexibility index (Phi) is 5.23. The van der Waals surface area contributed by atoms with Crippen LogP contribution in [0.3, 0.4) is 0 Å². The first-order valence-corrected chi connectivity index (χ1v) is 7.87. The molecule has 4 nitrogen and oxygen atoms in total. The van der Waals surface area contributed by atoms with Crippen molar-refractivity contribution in [2.24, 2.45) is 5.92 Å². The summed E-state index contributed by atoms with van der Waals surface area (Å²) < 4.78 is 3.39. The second-order valence-corrected chi connectivity index (χ2v) is 7.60. The molecule has 0 aromatic heterocycles. The van der Waals surface area contributed by atoms with E-state index in [-0.39, 0.29) is 24.3 Å². The van der Waals surface area contributed by atoms with Gasteiger partial charge in [0.1, 0.15) is 6.61 Å². The molecule has 0 unspecified atom stereocenters. The molecule has 0 saturated heterocycles. The van der Waals surface area contributed by atoms with Crippen molar-refractivity contribution in [3.8, 4) is 0 Å². The number of halogens is 3. The highest BCUT2D eigenvalue weighted by Crippen LogP contribution is 2.31. The number of carbonyl (C=O) groups excluding carboxylic acids is 2. The Morgan fingerprint density at radius 2 is 2.10 bits per heavy atom. The number of Topliss-reactive ketones (excluding diaryl/α,β-unsaturated/α-hetero) is 1. The Hall–Kier alpha value is -0.710. The molecule has 2 atom stereocenters. The van der Waals surface area contributed by atoms with E-state index in [0.717, 1.165) is 6.42 Å². The van der Waals surface area contributed by atoms with Crippen LogP contribution in [-0.4, -0.2) is 39.8 Å². The quantitative estimate of drug-likeness (QED) is 0.575. The van der Waals surface area contributed by atoms with Crippen molar-refractivity contribution in [2.45, 2.75) is 29.6 Å². The summed E-state index contributed by atoms with van der Waals surface area (Å²) in [7, 11) is 0. The van der Waals surface area contributed by atoms with E-state index in [1.165, 1.54) is 4.90 Å². The summed E-state index contributed by atoms with van der Waals surface area (Å²) in [5, 5.41) is 0. The second-order valence-electron chi connectivity index (χ2n) is 5.08. The zero-order valence-electron chi connectivity index (χ0n) is 11.5. The van der Waals surface area contributed by atoms with Gasteiger partial charge in [0.05, 0.1) is 6.04 Å². The predicted molar refractivity (Wildman–Crippen MR) is 82.8 cm³/mol. The van der Waals surface area contributed by atoms with Crippen molar-refractivity contribution in [1.82, 2.24) is 4.90 Å². The van der Waals surface area contributed by atoms with Gasteiger partial charge in [-0.3, -0.25) is 9.69 Å². The molecule has 0 aromatic rings. The van der Waals surface area contributed by atoms with E-state index in [1.54, 1.807) is 6.92 Å². The molecule has 3 rings (SSSR count). The zero-order chi connectivity index (χ0) is 15.6. The average molecular weight is 353 g/mol. The first-order chi connectivity index (χ1) is 9.81. The third-order valence-electron chi connectivity index (χ3n) is 3.53. The van der Waals surface area contributed by atoms with Gasteiger partial charge in [-0.2, -0.15) is 0 Å². The number of ketones is 1. The van der Waals surface area contributed by atoms with Crippen molar-refractivity contribution in [3.05, 3.63) is 23.8 Å². The SMILES string of the molecule is CCC(=O)C1=CC[C@@H]2C=C[C@H]1N(C(=O)OCC(Cl)(Cl)Cl)C2. The summed E-state index contributed by atoms with van der Waals surface area (Å²) >= 11 is 16.8. The molecule has 0 fully saturated rings. The van der Waals surface area contributed by atoms with E-state index in [1.807, 2.05) is 18.2 Å². The van der Waals surface area contributed by atoms with Gasteiger partial charge in [0, 0.05) is 18.5 Å². The van der Waals surface area contributed by atoms with E-state index in [2.05, 4.69) is 0 Å². The molecule has 0 radical (unpaired) electrons. The third kappa shape index (κ3) is 4.15. The molecular weight excluding hydrogens is 337 g/mol. The number of allylic oxidation sites excluding steroid dienone is 1. The number of hydrogen-bond donors (Lipinski definition) is 0. The highest BCUT2D eigenvalue weighted by molar-refractivity contribution is 6.67. The number of alkyl halides is 3. The normalized spacial score (nSPS) is 24.6. The molecule has 1 amide bonds. The number of nitrogens with zero attached hydrogens (tertiary/aromatic N) is 1. The molecule has 2 heterocycles. The summed E-state index contributed by atoms with van der Waals surface area (Å²) in [4.78, 5) is 25.8. The monoisotopic (exact) mass is 351 g/mol. The standard InChI is InChI=1S/C14H16Cl3NO3/c1-2-12(19)10-5-3-9-4-6-11(10)18(7-9)13(20)21-8-14(15,16)17/h4-6,9,11H,2-3,7-8H2,1H3/t9-,11-/m1/s1. The van der Waals surface area contributed by atoms with Crippen LogP contribution in [0, 0.1) is 5.92 Å². The molecule has 1 aliphatic carbocycles. The van der Waals surface area contributed by atoms with Crippen LogP contribution in [0.1, 0.15) is 19.8 Å². The summed E-state index contributed by atoms with van der Waals surface area (Å²) in [5.41, 5.74) is 0.639. The second kappa shape index (κ2) is 6.59. The molecule has 2 bridgehead atoms. The fourth-order valence-corrected chi connectivity index (χ4v) is 2.68. The topological polar surface area (TPSA) is 46.6 Å². The van der Waals surface area contributed by atoms with Crippen molar-refractivity contribution >= 4 is 46.7 Å². The minimum Gasteiger partial charge on any atom is -0.445 e. The largest absolute Gasteiger partial charge is 0.445 e. The summed E-state index contributed by atoms with van der Waals surface area (Å²) in [6.07, 6.45) is 6.40. The van der Waals surface area contributed by atoms with Gasteiger partial charge in [0.15, 0.2) is 5.78 Å². The first kappa shape index (κ1) is 16.7. The highest BCUT2D eigenvalue weighted by atomic mass is 35.6. The van der Waals surface area contributed by atoms with Crippen LogP contribution in [0.25, 0.3) is 0 Å². The van der Waals surface area contributed by atoms with Gasteiger partial charge in [-0.1, -0.05) is 60.0 Å². The minimum atomic E-state index is -1.64. The van der Waals surface area contributed by atoms with Crippen LogP contribution in [-0.2, 0) is 9.53 Å². The van der Waals surface area contributed by atoms with Gasteiger partial charge < -0.3 is 4.74 Å². The van der Waals surface area contributed by atoms with Crippen molar-refractivity contribution in [2.75, 3.05) is 13.2 Å². The average Bonchev–Trinajstić information content (AvgIpc) is 2.74. The Labute approximate surface area is 138 Å². The predicted octanol–water partition coefficient (Wildman–Crippen LogP) is 3.66. The Balaban J connectivity index is 2.14. The van der Waals surface area contributed by atoms with Gasteiger partial charge in [-0.15, -0.1) is 0 Å². The van der Waals surface area contributed by atoms with Crippen LogP contribution in [0.4, 0.5) is 4.79 Å². The lowest BCUT2D eigenvalue weighted by molar-refractivity contribution is -0.115. The van der Waals surface area contributed by atoms with E-state index in [0.29, 0.717) is 18.5 Å². The number of carbonyl (C=O) groups is 2. The molecule has 0 saturated carbocycles. The molecule has 116 valence electrons. The maximum atomic E-state index is 12.2. The Bertz CT molecular complexity index is 496. The third-order valence-corrected chi connectivity index (χ3v) is 3.86. The van der Waals surface area contributed by atoms with Crippen LogP contribution < -0.4 is 0 Å². The fourth-order valence-electron chi connectivity index (χ4n) is 2.51. The van der Waals surface area contributed by atoms with Crippen LogP contribution in [0.2, 0.25) is 0 Å². The fraction of sp³-hybridized carbons (Fsp3) is 0.571. The van der Waals surface area contributed by atoms with E-state index < -0.39 is 9.89 Å². The van der Waals surface area contributed by atoms with Crippen LogP contribution in [0.5, 0.6) is 0 Å². The maximum absolute atomic E-state index is 12.2. The molecule has 21 heavy (non-hydrogen) atoms. The number of amides is 1. The van der Waals surface area contributed by atoms with Crippen molar-refractivity contribution in [3.63, 3.8) is 0 Å². The van der Waals surface area contributed by atoms with Crippen LogP contribution >= 0.6 is 34.8 Å². The molecular formula is C14H16Cl3NO3. The molecule has 0 spiro atoms. The van der Waals surface area contributed by atoms with Crippen LogP contribution in [0.15, 0.2) is 23.8 Å². The molecule has 7 heteroatoms. The first-order valence-electron chi connectivity index (χ1n) is 6.73. The van der Waals surface area contributed by atoms with Gasteiger partial charge in [0.2, 0.25) is 3.79 Å². The Morgan fingerprint density at radius 3 is 2.71 bits per heavy atom. The number of rotatable bonds is 3. The summed E-state index contributed by atoms with van der Waals surface area (Å²) in [5.74, 6) is 0.218. The van der Waals surface area contributed by atoms with Crippen molar-refractivity contribution < 1.29 is 14.3 Å². The molecule has 0 aromatic carbocycles. The number of fused-ring (bicyclic) bond motifs is 2. The number of ether oxygens (including phenoxy) is 1. The molecule has 0 N–H and O–H groups in total. The number of hydrogen-bond acceptors (Lipinski definition) is 3. The summed E-state index contributed by atoms with van der Waals surface area (Å²) in [6.45, 7) is 1.97. The van der Waals surface area contributed by atoms with E-state index in [4.69, 9.17) is 39.5 Å². The lowest BCUT2D eigenvalue weighted by Crippen LogP contribution is -2.46. The van der Waals surface area contributed by atoms with E-state index in [9.17, 15) is 9.59 Å². The van der Waals surface area contributed by atoms with Gasteiger partial charge in [0.25, 0.3) is 0 Å². The molecule has 3 aliphatic rings. The maximum Gasteiger partial charge on any atom is 0.410 e. The molecule has 2 aliphatic heterocycles. The zero-order valence-corrected chi connectivity index (χ0v) is 13.8. The van der Waals surface area contributed by atoms with E-state index >= 15 is 0 Å². The Morgan fingerprint density at radius 1 is 1.38 bits per heavy atom. The van der Waals surface area contributed by atoms with Gasteiger partial charge in [-0.25, -0.2) is 4.79 Å². The minimum absolute atomic E-state index is 0.0337. The van der Waals surface area contributed by atoms with Crippen molar-refractivity contribution in [1.29, 1.82) is 0 Å². The lowest BCUT2D eigenvalue weighted by atomic mass is 9.98. The smallest absolute Gasteiger partial charge is 0.410 e. The van der Waals surface area contributed by atoms with Gasteiger partial charge in [-0.05, 0) is 12.3 Å². The highest BCUT2D eigenvalue weighted by Gasteiger charge is 2.36. The summed E-state index contributed by atoms with van der Waals surface area (Å²) in [6, 6.07) is -0.390.